The molecule has 1 aliphatic rings. The molecule has 0 saturated carbocycles. The lowest BCUT2D eigenvalue weighted by atomic mass is 10.2. The minimum atomic E-state index is -0.315. The number of morpholine rings is 1. The minimum Gasteiger partial charge on any atom is -0.483 e. The average molecular weight is 423 g/mol. The molecule has 5 nitrogen and oxygen atoms in total. The van der Waals surface area contributed by atoms with Gasteiger partial charge in [-0.2, -0.15) is 0 Å². The van der Waals surface area contributed by atoms with Gasteiger partial charge in [0.15, 0.2) is 6.61 Å². The van der Waals surface area contributed by atoms with E-state index in [1.807, 2.05) is 19.1 Å². The first-order valence-electron chi connectivity index (χ1n) is 6.61. The number of amides is 1. The van der Waals surface area contributed by atoms with Crippen LogP contribution in [0, 0.1) is 0 Å². The van der Waals surface area contributed by atoms with Crippen LogP contribution in [0.25, 0.3) is 0 Å². The lowest BCUT2D eigenvalue weighted by Crippen LogP contribution is -2.53. The Labute approximate surface area is 140 Å². The van der Waals surface area contributed by atoms with Crippen molar-refractivity contribution in [3.63, 3.8) is 0 Å². The summed E-state index contributed by atoms with van der Waals surface area (Å²) in [6, 6.07) is 5.49. The summed E-state index contributed by atoms with van der Waals surface area (Å²) in [6.07, 6.45) is -0.315. The zero-order chi connectivity index (χ0) is 15.4. The van der Waals surface area contributed by atoms with E-state index in [0.29, 0.717) is 18.9 Å². The number of halogens is 2. The summed E-state index contributed by atoms with van der Waals surface area (Å²) in [7, 11) is 0. The molecular weight excluding hydrogens is 406 g/mol. The van der Waals surface area contributed by atoms with E-state index in [1.54, 1.807) is 11.0 Å². The third kappa shape index (κ3) is 4.42. The number of aliphatic hydroxyl groups is 1. The quantitative estimate of drug-likeness (QED) is 0.807. The number of benzene rings is 1. The minimum absolute atomic E-state index is 0.0164. The number of rotatable bonds is 4. The van der Waals surface area contributed by atoms with Crippen molar-refractivity contribution in [2.24, 2.45) is 0 Å². The van der Waals surface area contributed by atoms with Crippen molar-refractivity contribution in [1.82, 2.24) is 4.90 Å². The van der Waals surface area contributed by atoms with Gasteiger partial charge in [-0.15, -0.1) is 0 Å². The van der Waals surface area contributed by atoms with Gasteiger partial charge in [0, 0.05) is 11.0 Å². The lowest BCUT2D eigenvalue weighted by molar-refractivity contribution is -0.148. The van der Waals surface area contributed by atoms with Gasteiger partial charge in [-0.3, -0.25) is 4.79 Å². The molecule has 2 unspecified atom stereocenters. The Kier molecular flexibility index (Phi) is 6.04. The standard InChI is InChI=1S/C14H17Br2NO4/c1-9-7-20-11(6-18)5-17(9)14(19)8-21-13-3-2-10(15)4-12(13)16/h2-4,9,11,18H,5-8H2,1H3. The van der Waals surface area contributed by atoms with Crippen LogP contribution in [0.15, 0.2) is 27.1 Å². The zero-order valence-electron chi connectivity index (χ0n) is 11.6. The Morgan fingerprint density at radius 2 is 2.29 bits per heavy atom. The van der Waals surface area contributed by atoms with Gasteiger partial charge in [-0.05, 0) is 41.1 Å². The maximum absolute atomic E-state index is 12.3. The van der Waals surface area contributed by atoms with Gasteiger partial charge in [0.05, 0.1) is 29.8 Å². The van der Waals surface area contributed by atoms with Crippen molar-refractivity contribution in [3.05, 3.63) is 27.1 Å². The van der Waals surface area contributed by atoms with Crippen molar-refractivity contribution in [3.8, 4) is 5.75 Å². The van der Waals surface area contributed by atoms with E-state index in [9.17, 15) is 4.79 Å². The highest BCUT2D eigenvalue weighted by molar-refractivity contribution is 9.11. The molecule has 1 heterocycles. The summed E-state index contributed by atoms with van der Waals surface area (Å²) >= 11 is 6.76. The number of hydrogen-bond acceptors (Lipinski definition) is 4. The highest BCUT2D eigenvalue weighted by atomic mass is 79.9. The molecule has 7 heteroatoms. The molecule has 1 aliphatic heterocycles. The van der Waals surface area contributed by atoms with Gasteiger partial charge in [0.1, 0.15) is 5.75 Å². The van der Waals surface area contributed by atoms with Crippen LogP contribution < -0.4 is 4.74 Å². The molecule has 2 atom stereocenters. The summed E-state index contributed by atoms with van der Waals surface area (Å²) in [5.74, 6) is 0.505. The molecule has 116 valence electrons. The van der Waals surface area contributed by atoms with Crippen molar-refractivity contribution >= 4 is 37.8 Å². The van der Waals surface area contributed by atoms with Crippen LogP contribution >= 0.6 is 31.9 Å². The largest absolute Gasteiger partial charge is 0.483 e. The summed E-state index contributed by atoms with van der Waals surface area (Å²) < 4.78 is 12.7. The van der Waals surface area contributed by atoms with Crippen molar-refractivity contribution in [2.75, 3.05) is 26.4 Å². The second-order valence-electron chi connectivity index (χ2n) is 4.90. The molecule has 0 aromatic heterocycles. The Balaban J connectivity index is 1.94. The Morgan fingerprint density at radius 3 is 2.95 bits per heavy atom. The number of ether oxygens (including phenoxy) is 2. The highest BCUT2D eigenvalue weighted by Crippen LogP contribution is 2.28. The van der Waals surface area contributed by atoms with Crippen LogP contribution in [0.1, 0.15) is 6.92 Å². The topological polar surface area (TPSA) is 59.0 Å². The monoisotopic (exact) mass is 421 g/mol. The van der Waals surface area contributed by atoms with Gasteiger partial charge in [-0.1, -0.05) is 15.9 Å². The normalized spacial score (nSPS) is 22.2. The molecule has 0 bridgehead atoms. The Hall–Kier alpha value is -0.630. The summed E-state index contributed by atoms with van der Waals surface area (Å²) in [5, 5.41) is 9.14. The average Bonchev–Trinajstić information content (AvgIpc) is 2.46. The van der Waals surface area contributed by atoms with E-state index in [-0.39, 0.29) is 31.3 Å². The van der Waals surface area contributed by atoms with Crippen LogP contribution in [0.2, 0.25) is 0 Å². The molecule has 1 aromatic rings. The fourth-order valence-electron chi connectivity index (χ4n) is 2.09. The smallest absolute Gasteiger partial charge is 0.260 e. The predicted octanol–water partition coefficient (Wildman–Crippen LogP) is 2.20. The molecular formula is C14H17Br2NO4. The lowest BCUT2D eigenvalue weighted by Gasteiger charge is -2.37. The van der Waals surface area contributed by atoms with E-state index in [2.05, 4.69) is 31.9 Å². The van der Waals surface area contributed by atoms with Crippen molar-refractivity contribution in [2.45, 2.75) is 19.1 Å². The molecule has 1 aromatic carbocycles. The molecule has 1 N–H and O–H groups in total. The number of hydrogen-bond donors (Lipinski definition) is 1. The maximum atomic E-state index is 12.3. The van der Waals surface area contributed by atoms with Crippen LogP contribution in [0.4, 0.5) is 0 Å². The summed E-state index contributed by atoms with van der Waals surface area (Å²) in [4.78, 5) is 14.0. The second kappa shape index (κ2) is 7.58. The third-order valence-corrected chi connectivity index (χ3v) is 4.39. The fourth-order valence-corrected chi connectivity index (χ4v) is 3.25. The highest BCUT2D eigenvalue weighted by Gasteiger charge is 2.29. The predicted molar refractivity (Wildman–Crippen MR) is 85.3 cm³/mol. The van der Waals surface area contributed by atoms with Gasteiger partial charge in [0.25, 0.3) is 5.91 Å². The third-order valence-electron chi connectivity index (χ3n) is 3.27. The number of aliphatic hydroxyl groups excluding tert-OH is 1. The van der Waals surface area contributed by atoms with E-state index in [4.69, 9.17) is 14.6 Å². The Morgan fingerprint density at radius 1 is 1.52 bits per heavy atom. The molecule has 0 spiro atoms. The van der Waals surface area contributed by atoms with Crippen LogP contribution in [0.5, 0.6) is 5.75 Å². The number of carbonyl (C=O) groups excluding carboxylic acids is 1. The van der Waals surface area contributed by atoms with Gasteiger partial charge in [-0.25, -0.2) is 0 Å². The van der Waals surface area contributed by atoms with Gasteiger partial charge >= 0.3 is 0 Å². The first-order valence-corrected chi connectivity index (χ1v) is 8.19. The van der Waals surface area contributed by atoms with E-state index in [1.165, 1.54) is 0 Å². The van der Waals surface area contributed by atoms with E-state index < -0.39 is 0 Å². The molecule has 1 saturated heterocycles. The molecule has 0 aliphatic carbocycles. The summed E-state index contributed by atoms with van der Waals surface area (Å²) in [6.45, 7) is 2.61. The zero-order valence-corrected chi connectivity index (χ0v) is 14.8. The van der Waals surface area contributed by atoms with Crippen molar-refractivity contribution in [1.29, 1.82) is 0 Å². The van der Waals surface area contributed by atoms with Crippen LogP contribution in [-0.4, -0.2) is 54.4 Å². The number of nitrogens with zero attached hydrogens (tertiary/aromatic N) is 1. The summed E-state index contributed by atoms with van der Waals surface area (Å²) in [5.41, 5.74) is 0. The fraction of sp³-hybridized carbons (Fsp3) is 0.500. The molecule has 21 heavy (non-hydrogen) atoms. The maximum Gasteiger partial charge on any atom is 0.260 e. The molecule has 2 rings (SSSR count). The Bertz CT molecular complexity index is 512. The van der Waals surface area contributed by atoms with Gasteiger partial charge in [0.2, 0.25) is 0 Å². The second-order valence-corrected chi connectivity index (χ2v) is 6.67. The molecule has 0 radical (unpaired) electrons. The van der Waals surface area contributed by atoms with E-state index >= 15 is 0 Å². The van der Waals surface area contributed by atoms with Crippen LogP contribution in [-0.2, 0) is 9.53 Å². The number of carbonyl (C=O) groups is 1. The van der Waals surface area contributed by atoms with Gasteiger partial charge < -0.3 is 19.5 Å². The molecule has 1 amide bonds. The van der Waals surface area contributed by atoms with Crippen molar-refractivity contribution < 1.29 is 19.4 Å². The first kappa shape index (κ1) is 16.7. The van der Waals surface area contributed by atoms with Crippen LogP contribution in [0.3, 0.4) is 0 Å². The van der Waals surface area contributed by atoms with E-state index in [0.717, 1.165) is 8.95 Å². The SMILES string of the molecule is CC1COC(CO)CN1C(=O)COc1ccc(Br)cc1Br. The molecule has 1 fully saturated rings. The first-order chi connectivity index (χ1) is 10.0.